The molecule has 19 heavy (non-hydrogen) atoms. The van der Waals surface area contributed by atoms with Gasteiger partial charge in [0.25, 0.3) is 0 Å². The number of nitrogens with one attached hydrogen (secondary N) is 1. The van der Waals surface area contributed by atoms with Crippen molar-refractivity contribution in [3.63, 3.8) is 0 Å². The van der Waals surface area contributed by atoms with Gasteiger partial charge < -0.3 is 14.3 Å². The Labute approximate surface area is 110 Å². The molecule has 2 heterocycles. The van der Waals surface area contributed by atoms with E-state index in [0.717, 1.165) is 16.9 Å². The maximum absolute atomic E-state index is 5.21. The maximum Gasteiger partial charge on any atom is 0.322 e. The standard InChI is InChI=1S/C14H13N3O2/c1-10-4-2-5-11(8-10)13-16-14(19-17-13)15-9-12-6-3-7-18-12/h2-8H,9H2,1H3,(H,15,16,17). The first-order valence-electron chi connectivity index (χ1n) is 5.98. The van der Waals surface area contributed by atoms with Crippen molar-refractivity contribution >= 4 is 6.01 Å². The second-order valence-corrected chi connectivity index (χ2v) is 4.23. The van der Waals surface area contributed by atoms with Crippen LogP contribution in [0.1, 0.15) is 11.3 Å². The second kappa shape index (κ2) is 4.97. The van der Waals surface area contributed by atoms with Crippen molar-refractivity contribution in [2.75, 3.05) is 5.32 Å². The number of furan rings is 1. The normalized spacial score (nSPS) is 10.6. The first-order valence-corrected chi connectivity index (χ1v) is 5.98. The number of rotatable bonds is 4. The fraction of sp³-hybridized carbons (Fsp3) is 0.143. The second-order valence-electron chi connectivity index (χ2n) is 4.23. The van der Waals surface area contributed by atoms with Gasteiger partial charge in [0.15, 0.2) is 0 Å². The molecule has 0 saturated carbocycles. The van der Waals surface area contributed by atoms with Crippen LogP contribution in [0.25, 0.3) is 11.4 Å². The van der Waals surface area contributed by atoms with Crippen molar-refractivity contribution < 1.29 is 8.94 Å². The summed E-state index contributed by atoms with van der Waals surface area (Å²) in [5, 5.41) is 6.97. The predicted octanol–water partition coefficient (Wildman–Crippen LogP) is 3.25. The fourth-order valence-corrected chi connectivity index (χ4v) is 1.77. The minimum absolute atomic E-state index is 0.382. The lowest BCUT2D eigenvalue weighted by molar-refractivity contribution is 0.428. The van der Waals surface area contributed by atoms with E-state index < -0.39 is 0 Å². The highest BCUT2D eigenvalue weighted by Crippen LogP contribution is 2.18. The van der Waals surface area contributed by atoms with Gasteiger partial charge in [-0.3, -0.25) is 0 Å². The van der Waals surface area contributed by atoms with E-state index in [1.165, 1.54) is 0 Å². The lowest BCUT2D eigenvalue weighted by atomic mass is 10.1. The summed E-state index contributed by atoms with van der Waals surface area (Å²) in [6.07, 6.45) is 1.63. The van der Waals surface area contributed by atoms with Crippen LogP contribution < -0.4 is 5.32 Å². The van der Waals surface area contributed by atoms with Gasteiger partial charge in [0.05, 0.1) is 12.8 Å². The maximum atomic E-state index is 5.21. The van der Waals surface area contributed by atoms with Crippen LogP contribution in [0.5, 0.6) is 0 Å². The SMILES string of the molecule is Cc1cccc(-c2noc(NCc3ccco3)n2)c1. The molecule has 5 nitrogen and oxygen atoms in total. The Morgan fingerprint density at radius 1 is 1.21 bits per heavy atom. The monoisotopic (exact) mass is 255 g/mol. The largest absolute Gasteiger partial charge is 0.467 e. The molecule has 0 bridgehead atoms. The third-order valence-electron chi connectivity index (χ3n) is 2.70. The average Bonchev–Trinajstić information content (AvgIpc) is 3.08. The molecule has 0 fully saturated rings. The van der Waals surface area contributed by atoms with Crippen LogP contribution in [-0.2, 0) is 6.54 Å². The van der Waals surface area contributed by atoms with Gasteiger partial charge in [0.2, 0.25) is 5.82 Å². The van der Waals surface area contributed by atoms with Crippen molar-refractivity contribution in [1.29, 1.82) is 0 Å². The molecular weight excluding hydrogens is 242 g/mol. The Bertz CT molecular complexity index is 659. The van der Waals surface area contributed by atoms with E-state index in [1.807, 2.05) is 43.3 Å². The van der Waals surface area contributed by atoms with Gasteiger partial charge in [-0.05, 0) is 25.1 Å². The van der Waals surface area contributed by atoms with Crippen molar-refractivity contribution in [2.45, 2.75) is 13.5 Å². The number of nitrogens with zero attached hydrogens (tertiary/aromatic N) is 2. The van der Waals surface area contributed by atoms with Gasteiger partial charge in [-0.1, -0.05) is 28.9 Å². The van der Waals surface area contributed by atoms with E-state index in [1.54, 1.807) is 6.26 Å². The Morgan fingerprint density at radius 2 is 2.16 bits per heavy atom. The summed E-state index contributed by atoms with van der Waals surface area (Å²) in [6, 6.07) is 12.1. The summed E-state index contributed by atoms with van der Waals surface area (Å²) in [7, 11) is 0. The van der Waals surface area contributed by atoms with Crippen molar-refractivity contribution in [1.82, 2.24) is 10.1 Å². The first kappa shape index (κ1) is 11.5. The van der Waals surface area contributed by atoms with Gasteiger partial charge in [-0.25, -0.2) is 0 Å². The molecule has 2 aromatic heterocycles. The molecule has 0 aliphatic rings. The zero-order valence-electron chi connectivity index (χ0n) is 10.5. The molecule has 96 valence electrons. The number of hydrogen-bond donors (Lipinski definition) is 1. The summed E-state index contributed by atoms with van der Waals surface area (Å²) in [5.74, 6) is 1.39. The highest BCUT2D eigenvalue weighted by atomic mass is 16.5. The highest BCUT2D eigenvalue weighted by molar-refractivity contribution is 5.56. The van der Waals surface area contributed by atoms with Crippen LogP contribution >= 0.6 is 0 Å². The van der Waals surface area contributed by atoms with Crippen LogP contribution in [0.15, 0.2) is 51.6 Å². The molecule has 0 radical (unpaired) electrons. The Kier molecular flexibility index (Phi) is 3.02. The predicted molar refractivity (Wildman–Crippen MR) is 70.5 cm³/mol. The van der Waals surface area contributed by atoms with Crippen molar-refractivity contribution in [3.8, 4) is 11.4 Å². The summed E-state index contributed by atoms with van der Waals surface area (Å²) >= 11 is 0. The molecule has 0 unspecified atom stereocenters. The van der Waals surface area contributed by atoms with Crippen LogP contribution in [0.3, 0.4) is 0 Å². The molecule has 5 heteroatoms. The molecule has 0 amide bonds. The lowest BCUT2D eigenvalue weighted by Crippen LogP contribution is -1.97. The molecule has 0 saturated heterocycles. The fourth-order valence-electron chi connectivity index (χ4n) is 1.77. The first-order chi connectivity index (χ1) is 9.31. The van der Waals surface area contributed by atoms with Gasteiger partial charge >= 0.3 is 6.01 Å². The highest BCUT2D eigenvalue weighted by Gasteiger charge is 2.08. The number of hydrogen-bond acceptors (Lipinski definition) is 5. The number of anilines is 1. The van der Waals surface area contributed by atoms with Crippen molar-refractivity contribution in [2.24, 2.45) is 0 Å². The van der Waals surface area contributed by atoms with Crippen LogP contribution in [0.2, 0.25) is 0 Å². The molecule has 1 aromatic carbocycles. The van der Waals surface area contributed by atoms with Crippen LogP contribution in [-0.4, -0.2) is 10.1 Å². The summed E-state index contributed by atoms with van der Waals surface area (Å²) < 4.78 is 10.4. The molecule has 0 atom stereocenters. The Morgan fingerprint density at radius 3 is 2.95 bits per heavy atom. The smallest absolute Gasteiger partial charge is 0.322 e. The number of aromatic nitrogens is 2. The zero-order chi connectivity index (χ0) is 13.1. The summed E-state index contributed by atoms with van der Waals surface area (Å²) in [4.78, 5) is 4.29. The lowest BCUT2D eigenvalue weighted by Gasteiger charge is -1.96. The van der Waals surface area contributed by atoms with E-state index in [9.17, 15) is 0 Å². The molecule has 0 aliphatic heterocycles. The van der Waals surface area contributed by atoms with Gasteiger partial charge in [-0.15, -0.1) is 0 Å². The van der Waals surface area contributed by atoms with Crippen molar-refractivity contribution in [3.05, 3.63) is 54.0 Å². The van der Waals surface area contributed by atoms with Gasteiger partial charge in [0, 0.05) is 5.56 Å². The van der Waals surface area contributed by atoms with E-state index in [4.69, 9.17) is 8.94 Å². The molecule has 3 rings (SSSR count). The quantitative estimate of drug-likeness (QED) is 0.775. The number of benzene rings is 1. The molecule has 1 N–H and O–H groups in total. The minimum Gasteiger partial charge on any atom is -0.467 e. The minimum atomic E-state index is 0.382. The average molecular weight is 255 g/mol. The van der Waals surface area contributed by atoms with Gasteiger partial charge in [-0.2, -0.15) is 4.98 Å². The molecule has 0 spiro atoms. The topological polar surface area (TPSA) is 64.1 Å². The van der Waals surface area contributed by atoms with E-state index in [-0.39, 0.29) is 0 Å². The Balaban J connectivity index is 1.72. The third kappa shape index (κ3) is 2.65. The van der Waals surface area contributed by atoms with E-state index >= 15 is 0 Å². The van der Waals surface area contributed by atoms with E-state index in [0.29, 0.717) is 18.4 Å². The van der Waals surface area contributed by atoms with Gasteiger partial charge in [0.1, 0.15) is 5.76 Å². The molecular formula is C14H13N3O2. The zero-order valence-corrected chi connectivity index (χ0v) is 10.5. The molecule has 0 aliphatic carbocycles. The Hall–Kier alpha value is -2.56. The molecule has 3 aromatic rings. The number of aryl methyl sites for hydroxylation is 1. The summed E-state index contributed by atoms with van der Waals surface area (Å²) in [6.45, 7) is 2.54. The summed E-state index contributed by atoms with van der Waals surface area (Å²) in [5.41, 5.74) is 2.10. The van der Waals surface area contributed by atoms with Crippen LogP contribution in [0.4, 0.5) is 6.01 Å². The third-order valence-corrected chi connectivity index (χ3v) is 2.70. The van der Waals surface area contributed by atoms with E-state index in [2.05, 4.69) is 15.5 Å². The van der Waals surface area contributed by atoms with Crippen LogP contribution in [0, 0.1) is 6.92 Å².